The largest absolute Gasteiger partial charge is 0.459 e. The molecule has 19 heavy (non-hydrogen) atoms. The minimum absolute atomic E-state index is 0.0221. The molecular formula is C14H15N3OS. The fourth-order valence-electron chi connectivity index (χ4n) is 2.08. The molecule has 0 amide bonds. The van der Waals surface area contributed by atoms with E-state index in [1.165, 1.54) is 11.7 Å². The second kappa shape index (κ2) is 5.50. The number of hydrogen-bond acceptors (Lipinski definition) is 5. The first-order chi connectivity index (χ1) is 9.38. The smallest absolute Gasteiger partial charge is 0.134 e. The van der Waals surface area contributed by atoms with Gasteiger partial charge >= 0.3 is 0 Å². The molecule has 1 N–H and O–H groups in total. The molecule has 0 saturated heterocycles. The zero-order valence-electron chi connectivity index (χ0n) is 10.7. The number of nitrogens with one attached hydrogen (secondary N) is 1. The topological polar surface area (TPSA) is 51.0 Å². The lowest BCUT2D eigenvalue weighted by Gasteiger charge is -2.12. The van der Waals surface area contributed by atoms with Crippen molar-refractivity contribution in [2.75, 3.05) is 6.54 Å². The fraction of sp³-hybridized carbons (Fsp3) is 0.286. The number of nitrogens with zero attached hydrogens (tertiary/aromatic N) is 2. The highest BCUT2D eigenvalue weighted by Gasteiger charge is 2.20. The maximum absolute atomic E-state index is 5.93. The van der Waals surface area contributed by atoms with Crippen molar-refractivity contribution in [1.82, 2.24) is 14.1 Å². The second-order valence-corrected chi connectivity index (χ2v) is 4.96. The Morgan fingerprint density at radius 1 is 1.37 bits per heavy atom. The average molecular weight is 273 g/mol. The lowest BCUT2D eigenvalue weighted by atomic mass is 10.1. The van der Waals surface area contributed by atoms with Crippen LogP contribution in [-0.2, 0) is 0 Å². The molecule has 0 saturated carbocycles. The van der Waals surface area contributed by atoms with Gasteiger partial charge in [-0.3, -0.25) is 0 Å². The van der Waals surface area contributed by atoms with Gasteiger partial charge in [-0.2, -0.15) is 8.75 Å². The number of hydrogen-bond donors (Lipinski definition) is 1. The zero-order valence-corrected chi connectivity index (χ0v) is 11.5. The highest BCUT2D eigenvalue weighted by atomic mass is 32.1. The van der Waals surface area contributed by atoms with Crippen LogP contribution in [-0.4, -0.2) is 15.3 Å². The molecule has 0 bridgehead atoms. The van der Waals surface area contributed by atoms with Crippen LogP contribution in [0.15, 0.2) is 40.9 Å². The predicted molar refractivity (Wildman–Crippen MR) is 76.3 cm³/mol. The first kappa shape index (κ1) is 12.3. The summed E-state index contributed by atoms with van der Waals surface area (Å²) in [5.74, 6) is 0.891. The van der Waals surface area contributed by atoms with Crippen LogP contribution < -0.4 is 5.32 Å². The van der Waals surface area contributed by atoms with Crippen LogP contribution in [0, 0.1) is 0 Å². The SMILES string of the molecule is CCCNC(c1cnsn1)c1cc2ccccc2o1. The number of furan rings is 1. The van der Waals surface area contributed by atoms with Gasteiger partial charge < -0.3 is 9.73 Å². The lowest BCUT2D eigenvalue weighted by Crippen LogP contribution is -2.23. The Balaban J connectivity index is 1.98. The van der Waals surface area contributed by atoms with Gasteiger partial charge in [0.1, 0.15) is 17.4 Å². The van der Waals surface area contributed by atoms with Crippen LogP contribution in [0.1, 0.15) is 30.8 Å². The molecule has 98 valence electrons. The van der Waals surface area contributed by atoms with Crippen molar-refractivity contribution in [3.63, 3.8) is 0 Å². The molecule has 1 aromatic carbocycles. The van der Waals surface area contributed by atoms with E-state index in [9.17, 15) is 0 Å². The van der Waals surface area contributed by atoms with E-state index < -0.39 is 0 Å². The number of para-hydroxylation sites is 1. The van der Waals surface area contributed by atoms with Gasteiger partial charge in [0.25, 0.3) is 0 Å². The molecule has 1 unspecified atom stereocenters. The van der Waals surface area contributed by atoms with Gasteiger partial charge in [-0.25, -0.2) is 0 Å². The average Bonchev–Trinajstić information content (AvgIpc) is 3.08. The normalized spacial score (nSPS) is 12.9. The van der Waals surface area contributed by atoms with Crippen LogP contribution in [0.5, 0.6) is 0 Å². The van der Waals surface area contributed by atoms with Crippen LogP contribution in [0.3, 0.4) is 0 Å². The molecule has 4 nitrogen and oxygen atoms in total. The third-order valence-corrected chi connectivity index (χ3v) is 3.49. The van der Waals surface area contributed by atoms with Crippen LogP contribution in [0.2, 0.25) is 0 Å². The van der Waals surface area contributed by atoms with E-state index in [1.54, 1.807) is 6.20 Å². The summed E-state index contributed by atoms with van der Waals surface area (Å²) in [7, 11) is 0. The first-order valence-electron chi connectivity index (χ1n) is 6.38. The number of aromatic nitrogens is 2. The standard InChI is InChI=1S/C14H15N3OS/c1-2-7-15-14(11-9-16-19-17-11)13-8-10-5-3-4-6-12(10)18-13/h3-6,8-9,14-15H,2,7H2,1H3. The van der Waals surface area contributed by atoms with Crippen LogP contribution >= 0.6 is 11.7 Å². The van der Waals surface area contributed by atoms with Crippen molar-refractivity contribution in [1.29, 1.82) is 0 Å². The molecule has 0 aliphatic rings. The Hall–Kier alpha value is -1.72. The maximum atomic E-state index is 5.93. The van der Waals surface area contributed by atoms with Gasteiger partial charge in [0.2, 0.25) is 0 Å². The molecule has 0 aliphatic carbocycles. The summed E-state index contributed by atoms with van der Waals surface area (Å²) >= 11 is 1.22. The monoisotopic (exact) mass is 273 g/mol. The lowest BCUT2D eigenvalue weighted by molar-refractivity contribution is 0.465. The molecule has 2 aromatic heterocycles. The van der Waals surface area contributed by atoms with Gasteiger partial charge in [-0.05, 0) is 25.1 Å². The molecule has 3 rings (SSSR count). The molecule has 0 spiro atoms. The van der Waals surface area contributed by atoms with E-state index in [-0.39, 0.29) is 6.04 Å². The van der Waals surface area contributed by atoms with Crippen LogP contribution in [0.4, 0.5) is 0 Å². The number of benzene rings is 1. The van der Waals surface area contributed by atoms with Gasteiger partial charge in [0.15, 0.2) is 0 Å². The number of rotatable bonds is 5. The predicted octanol–water partition coefficient (Wildman–Crippen LogP) is 3.37. The van der Waals surface area contributed by atoms with Gasteiger partial charge in [-0.15, -0.1) is 0 Å². The Labute approximate surface area is 115 Å². The van der Waals surface area contributed by atoms with E-state index in [4.69, 9.17) is 4.42 Å². The van der Waals surface area contributed by atoms with Crippen molar-refractivity contribution in [2.45, 2.75) is 19.4 Å². The fourth-order valence-corrected chi connectivity index (χ4v) is 2.53. The Morgan fingerprint density at radius 2 is 2.26 bits per heavy atom. The Kier molecular flexibility index (Phi) is 3.57. The van der Waals surface area contributed by atoms with E-state index in [0.717, 1.165) is 35.4 Å². The highest BCUT2D eigenvalue weighted by molar-refractivity contribution is 6.99. The third kappa shape index (κ3) is 2.52. The van der Waals surface area contributed by atoms with Crippen molar-refractivity contribution >= 4 is 22.7 Å². The molecule has 0 radical (unpaired) electrons. The summed E-state index contributed by atoms with van der Waals surface area (Å²) in [6, 6.07) is 10.1. The summed E-state index contributed by atoms with van der Waals surface area (Å²) < 4.78 is 14.3. The minimum atomic E-state index is -0.0221. The summed E-state index contributed by atoms with van der Waals surface area (Å²) in [6.45, 7) is 3.06. The molecule has 0 aliphatic heterocycles. The van der Waals surface area contributed by atoms with Crippen molar-refractivity contribution in [2.24, 2.45) is 0 Å². The summed E-state index contributed by atoms with van der Waals surface area (Å²) in [6.07, 6.45) is 2.86. The molecular weight excluding hydrogens is 258 g/mol. The Bertz CT molecular complexity index is 615. The van der Waals surface area contributed by atoms with Crippen LogP contribution in [0.25, 0.3) is 11.0 Å². The molecule has 3 aromatic rings. The highest BCUT2D eigenvalue weighted by Crippen LogP contribution is 2.27. The Morgan fingerprint density at radius 3 is 3.00 bits per heavy atom. The summed E-state index contributed by atoms with van der Waals surface area (Å²) in [5.41, 5.74) is 1.82. The summed E-state index contributed by atoms with van der Waals surface area (Å²) in [5, 5.41) is 4.57. The molecule has 5 heteroatoms. The number of fused-ring (bicyclic) bond motifs is 1. The first-order valence-corrected chi connectivity index (χ1v) is 7.11. The molecule has 0 fully saturated rings. The summed E-state index contributed by atoms with van der Waals surface area (Å²) in [4.78, 5) is 0. The van der Waals surface area contributed by atoms with Crippen molar-refractivity contribution in [3.8, 4) is 0 Å². The maximum Gasteiger partial charge on any atom is 0.134 e. The molecule has 2 heterocycles. The van der Waals surface area contributed by atoms with E-state index in [1.807, 2.05) is 18.2 Å². The second-order valence-electron chi connectivity index (χ2n) is 4.41. The van der Waals surface area contributed by atoms with Gasteiger partial charge in [0, 0.05) is 5.39 Å². The van der Waals surface area contributed by atoms with Gasteiger partial charge in [0.05, 0.1) is 23.6 Å². The van der Waals surface area contributed by atoms with Crippen molar-refractivity contribution in [3.05, 3.63) is 48.0 Å². The van der Waals surface area contributed by atoms with E-state index in [2.05, 4.69) is 33.1 Å². The van der Waals surface area contributed by atoms with E-state index >= 15 is 0 Å². The van der Waals surface area contributed by atoms with E-state index in [0.29, 0.717) is 0 Å². The third-order valence-electron chi connectivity index (χ3n) is 3.00. The quantitative estimate of drug-likeness (QED) is 0.774. The minimum Gasteiger partial charge on any atom is -0.459 e. The van der Waals surface area contributed by atoms with Crippen molar-refractivity contribution < 1.29 is 4.42 Å². The zero-order chi connectivity index (χ0) is 13.1. The molecule has 1 atom stereocenters. The van der Waals surface area contributed by atoms with Gasteiger partial charge in [-0.1, -0.05) is 25.1 Å².